The molecule has 0 aromatic carbocycles. The maximum atomic E-state index is 6.19. The Balaban J connectivity index is 1.95. The van der Waals surface area contributed by atoms with Crippen molar-refractivity contribution in [1.82, 2.24) is 9.38 Å². The summed E-state index contributed by atoms with van der Waals surface area (Å²) in [4.78, 5) is 8.28. The van der Waals surface area contributed by atoms with Gasteiger partial charge in [0.05, 0.1) is 5.69 Å². The molecule has 3 rings (SSSR count). The third kappa shape index (κ3) is 2.44. The van der Waals surface area contributed by atoms with Gasteiger partial charge in [0.2, 0.25) is 0 Å². The maximum absolute atomic E-state index is 6.19. The largest absolute Gasteiger partial charge is 0.355 e. The lowest BCUT2D eigenvalue weighted by atomic mass is 10.1. The van der Waals surface area contributed by atoms with Gasteiger partial charge in [0.1, 0.15) is 0 Å². The second kappa shape index (κ2) is 5.37. The highest BCUT2D eigenvalue weighted by atomic mass is 32.1. The van der Waals surface area contributed by atoms with Crippen molar-refractivity contribution in [3.05, 3.63) is 17.3 Å². The van der Waals surface area contributed by atoms with E-state index >= 15 is 0 Å². The van der Waals surface area contributed by atoms with E-state index in [1.807, 2.05) is 0 Å². The lowest BCUT2D eigenvalue weighted by molar-refractivity contribution is 0.594. The minimum absolute atomic E-state index is 0.207. The van der Waals surface area contributed by atoms with Crippen molar-refractivity contribution in [1.29, 1.82) is 0 Å². The summed E-state index contributed by atoms with van der Waals surface area (Å²) in [6.45, 7) is 4.46. The Labute approximate surface area is 124 Å². The molecule has 2 N–H and O–H groups in total. The molecular weight excluding hydrogens is 268 g/mol. The fourth-order valence-electron chi connectivity index (χ4n) is 2.77. The Morgan fingerprint density at radius 3 is 2.95 bits per heavy atom. The molecule has 0 radical (unpaired) electrons. The Morgan fingerprint density at radius 2 is 2.30 bits per heavy atom. The van der Waals surface area contributed by atoms with Crippen LogP contribution in [0.25, 0.3) is 4.96 Å². The van der Waals surface area contributed by atoms with E-state index in [4.69, 9.17) is 10.7 Å². The first-order chi connectivity index (χ1) is 9.61. The molecule has 1 fully saturated rings. The van der Waals surface area contributed by atoms with E-state index < -0.39 is 0 Å². The van der Waals surface area contributed by atoms with Crippen molar-refractivity contribution in [3.63, 3.8) is 0 Å². The van der Waals surface area contributed by atoms with Gasteiger partial charge >= 0.3 is 0 Å². The molecule has 0 spiro atoms. The van der Waals surface area contributed by atoms with Crippen LogP contribution in [0.1, 0.15) is 38.8 Å². The zero-order valence-corrected chi connectivity index (χ0v) is 13.4. The number of rotatable bonds is 6. The SMILES string of the molecule is CCC(N)Cc1c(N(C)C(C)C2CC2)nc2sccn12. The summed E-state index contributed by atoms with van der Waals surface area (Å²) in [5, 5.41) is 2.09. The van der Waals surface area contributed by atoms with E-state index in [0.717, 1.165) is 29.5 Å². The van der Waals surface area contributed by atoms with Gasteiger partial charge in [0, 0.05) is 37.1 Å². The molecular formula is C15H24N4S. The minimum atomic E-state index is 0.207. The predicted molar refractivity (Wildman–Crippen MR) is 85.6 cm³/mol. The number of fused-ring (bicyclic) bond motifs is 1. The summed E-state index contributed by atoms with van der Waals surface area (Å²) in [5.41, 5.74) is 7.45. The molecule has 0 saturated heterocycles. The lowest BCUT2D eigenvalue weighted by Crippen LogP contribution is -2.32. The van der Waals surface area contributed by atoms with Gasteiger partial charge in [0.15, 0.2) is 10.8 Å². The number of aromatic nitrogens is 2. The van der Waals surface area contributed by atoms with E-state index in [1.54, 1.807) is 11.3 Å². The van der Waals surface area contributed by atoms with Crippen LogP contribution in [0.5, 0.6) is 0 Å². The smallest absolute Gasteiger partial charge is 0.195 e. The van der Waals surface area contributed by atoms with Crippen LogP contribution in [0.15, 0.2) is 11.6 Å². The maximum Gasteiger partial charge on any atom is 0.195 e. The van der Waals surface area contributed by atoms with Crippen molar-refractivity contribution < 1.29 is 0 Å². The molecule has 1 saturated carbocycles. The van der Waals surface area contributed by atoms with Crippen molar-refractivity contribution in [3.8, 4) is 0 Å². The number of hydrogen-bond acceptors (Lipinski definition) is 4. The second-order valence-corrected chi connectivity index (χ2v) is 6.87. The van der Waals surface area contributed by atoms with Crippen LogP contribution in [0, 0.1) is 5.92 Å². The standard InChI is InChI=1S/C15H24N4S/c1-4-12(16)9-13-14(17-15-19(13)7-8-20-15)18(3)10(2)11-5-6-11/h7-8,10-12H,4-6,9,16H2,1-3H3. The van der Waals surface area contributed by atoms with Gasteiger partial charge < -0.3 is 10.6 Å². The summed E-state index contributed by atoms with van der Waals surface area (Å²) in [7, 11) is 2.18. The highest BCUT2D eigenvalue weighted by Crippen LogP contribution is 2.37. The number of thiazole rings is 1. The number of nitrogens with two attached hydrogens (primary N) is 1. The average Bonchev–Trinajstić information content (AvgIpc) is 3.10. The summed E-state index contributed by atoms with van der Waals surface area (Å²) < 4.78 is 2.21. The Morgan fingerprint density at radius 1 is 1.55 bits per heavy atom. The lowest BCUT2D eigenvalue weighted by Gasteiger charge is -2.26. The van der Waals surface area contributed by atoms with Gasteiger partial charge in [-0.15, -0.1) is 11.3 Å². The number of hydrogen-bond donors (Lipinski definition) is 1. The Hall–Kier alpha value is -1.07. The zero-order chi connectivity index (χ0) is 14.3. The molecule has 2 unspecified atom stereocenters. The Kier molecular flexibility index (Phi) is 3.73. The predicted octanol–water partition coefficient (Wildman–Crippen LogP) is 2.91. The molecule has 110 valence electrons. The van der Waals surface area contributed by atoms with Crippen LogP contribution in [0.4, 0.5) is 5.82 Å². The van der Waals surface area contributed by atoms with Crippen molar-refractivity contribution >= 4 is 22.1 Å². The fourth-order valence-corrected chi connectivity index (χ4v) is 3.50. The molecule has 0 aliphatic heterocycles. The Bertz CT molecular complexity index is 584. The normalized spacial score (nSPS) is 18.4. The molecule has 1 aliphatic rings. The van der Waals surface area contributed by atoms with Crippen molar-refractivity contribution in [2.75, 3.05) is 11.9 Å². The van der Waals surface area contributed by atoms with Gasteiger partial charge in [-0.2, -0.15) is 0 Å². The molecule has 0 bridgehead atoms. The molecule has 2 heterocycles. The van der Waals surface area contributed by atoms with Crippen LogP contribution >= 0.6 is 11.3 Å². The summed E-state index contributed by atoms with van der Waals surface area (Å²) in [5.74, 6) is 1.97. The molecule has 2 aromatic heterocycles. The van der Waals surface area contributed by atoms with Gasteiger partial charge in [-0.3, -0.25) is 4.40 Å². The van der Waals surface area contributed by atoms with Crippen LogP contribution in [0.3, 0.4) is 0 Å². The molecule has 1 aliphatic carbocycles. The van der Waals surface area contributed by atoms with E-state index in [0.29, 0.717) is 6.04 Å². The third-order valence-electron chi connectivity index (χ3n) is 4.57. The van der Waals surface area contributed by atoms with E-state index in [1.165, 1.54) is 18.5 Å². The topological polar surface area (TPSA) is 46.6 Å². The molecule has 5 heteroatoms. The molecule has 0 amide bonds. The molecule has 4 nitrogen and oxygen atoms in total. The highest BCUT2D eigenvalue weighted by Gasteiger charge is 2.32. The van der Waals surface area contributed by atoms with Crippen LogP contribution in [0.2, 0.25) is 0 Å². The first-order valence-corrected chi connectivity index (χ1v) is 8.42. The first-order valence-electron chi connectivity index (χ1n) is 7.54. The number of nitrogens with zero attached hydrogens (tertiary/aromatic N) is 3. The average molecular weight is 292 g/mol. The monoisotopic (exact) mass is 292 g/mol. The van der Waals surface area contributed by atoms with E-state index in [2.05, 4.69) is 41.8 Å². The molecule has 20 heavy (non-hydrogen) atoms. The summed E-state index contributed by atoms with van der Waals surface area (Å²) in [6, 6.07) is 0.773. The van der Waals surface area contributed by atoms with Gasteiger partial charge in [-0.1, -0.05) is 6.92 Å². The van der Waals surface area contributed by atoms with E-state index in [-0.39, 0.29) is 6.04 Å². The second-order valence-electron chi connectivity index (χ2n) is 6.00. The molecule has 2 aromatic rings. The van der Waals surface area contributed by atoms with Crippen LogP contribution in [-0.2, 0) is 6.42 Å². The first kappa shape index (κ1) is 13.9. The van der Waals surface area contributed by atoms with Gasteiger partial charge in [-0.25, -0.2) is 4.98 Å². The molecule has 2 atom stereocenters. The van der Waals surface area contributed by atoms with Crippen LogP contribution in [-0.4, -0.2) is 28.5 Å². The van der Waals surface area contributed by atoms with E-state index in [9.17, 15) is 0 Å². The summed E-state index contributed by atoms with van der Waals surface area (Å²) >= 11 is 1.69. The van der Waals surface area contributed by atoms with Crippen molar-refractivity contribution in [2.24, 2.45) is 11.7 Å². The fraction of sp³-hybridized carbons (Fsp3) is 0.667. The quantitative estimate of drug-likeness (QED) is 0.890. The van der Waals surface area contributed by atoms with Crippen LogP contribution < -0.4 is 10.6 Å². The summed E-state index contributed by atoms with van der Waals surface area (Å²) in [6.07, 6.45) is 6.73. The van der Waals surface area contributed by atoms with Gasteiger partial charge in [-0.05, 0) is 32.1 Å². The minimum Gasteiger partial charge on any atom is -0.355 e. The highest BCUT2D eigenvalue weighted by molar-refractivity contribution is 7.15. The number of imidazole rings is 1. The van der Waals surface area contributed by atoms with Gasteiger partial charge in [0.25, 0.3) is 0 Å². The third-order valence-corrected chi connectivity index (χ3v) is 5.33. The zero-order valence-electron chi connectivity index (χ0n) is 12.5. The number of anilines is 1. The van der Waals surface area contributed by atoms with Crippen molar-refractivity contribution in [2.45, 2.75) is 51.6 Å².